The monoisotopic (exact) mass is 546 g/mol. The first-order valence-corrected chi connectivity index (χ1v) is 14.8. The van der Waals surface area contributed by atoms with Gasteiger partial charge in [0.25, 0.3) is 0 Å². The van der Waals surface area contributed by atoms with Crippen molar-refractivity contribution < 1.29 is 30.3 Å². The number of aliphatic hydroxyl groups excluding tert-OH is 5. The minimum atomic E-state index is -1.26. The summed E-state index contributed by atoms with van der Waals surface area (Å²) < 4.78 is 7.17. The molecule has 4 fully saturated rings. The smallest absolute Gasteiger partial charge is 0.121 e. The lowest BCUT2D eigenvalue weighted by molar-refractivity contribution is -0.215. The lowest BCUT2D eigenvalue weighted by Gasteiger charge is -2.57. The maximum absolute atomic E-state index is 11.9. The molecule has 3 aliphatic carbocycles. The maximum Gasteiger partial charge on any atom is 0.121 e. The van der Waals surface area contributed by atoms with Crippen LogP contribution in [-0.4, -0.2) is 96.3 Å². The Bertz CT molecular complexity index is 1430. The Morgan fingerprint density at radius 2 is 1.73 bits per heavy atom. The molecule has 8 heteroatoms. The first-order valence-electron chi connectivity index (χ1n) is 14.8. The van der Waals surface area contributed by atoms with Crippen molar-refractivity contribution in [3.05, 3.63) is 65.5 Å². The van der Waals surface area contributed by atoms with Crippen molar-refractivity contribution in [3.8, 4) is 0 Å². The van der Waals surface area contributed by atoms with Gasteiger partial charge < -0.3 is 30.3 Å². The molecular formula is C32H38N2O6. The fourth-order valence-corrected chi connectivity index (χ4v) is 9.78. The van der Waals surface area contributed by atoms with Gasteiger partial charge in [0.2, 0.25) is 0 Å². The Morgan fingerprint density at radius 1 is 0.950 bits per heavy atom. The van der Waals surface area contributed by atoms with Gasteiger partial charge in [0.05, 0.1) is 23.9 Å². The number of allylic oxidation sites excluding steroid dienone is 1. The van der Waals surface area contributed by atoms with Crippen LogP contribution in [0.25, 0.3) is 10.8 Å². The van der Waals surface area contributed by atoms with E-state index in [-0.39, 0.29) is 24.4 Å². The summed E-state index contributed by atoms with van der Waals surface area (Å²) in [6, 6.07) is 7.94. The Labute approximate surface area is 233 Å². The third-order valence-electron chi connectivity index (χ3n) is 11.8. The molecule has 1 aromatic heterocycles. The lowest BCUT2D eigenvalue weighted by Crippen LogP contribution is -2.70. The van der Waals surface area contributed by atoms with Gasteiger partial charge in [-0.2, -0.15) is 0 Å². The molecule has 2 saturated carbocycles. The highest BCUT2D eigenvalue weighted by Crippen LogP contribution is 2.69. The summed E-state index contributed by atoms with van der Waals surface area (Å²) in [7, 11) is 0. The van der Waals surface area contributed by atoms with Gasteiger partial charge in [0.15, 0.2) is 0 Å². The Kier molecular flexibility index (Phi) is 5.39. The van der Waals surface area contributed by atoms with Crippen molar-refractivity contribution in [1.29, 1.82) is 0 Å². The Hall–Kier alpha value is -2.17. The minimum absolute atomic E-state index is 0.0312. The van der Waals surface area contributed by atoms with Gasteiger partial charge in [0.1, 0.15) is 23.9 Å². The van der Waals surface area contributed by atoms with Crippen molar-refractivity contribution in [2.45, 2.75) is 92.7 Å². The second kappa shape index (κ2) is 8.44. The van der Waals surface area contributed by atoms with Crippen molar-refractivity contribution in [1.82, 2.24) is 9.88 Å². The zero-order valence-electron chi connectivity index (χ0n) is 22.7. The molecule has 4 heterocycles. The number of likely N-dealkylation sites (tertiary alicyclic amines) is 1. The summed E-state index contributed by atoms with van der Waals surface area (Å²) in [6.07, 6.45) is 6.85. The Morgan fingerprint density at radius 3 is 2.52 bits per heavy atom. The molecule has 4 unspecified atom stereocenters. The van der Waals surface area contributed by atoms with Crippen LogP contribution in [0.4, 0.5) is 0 Å². The third-order valence-corrected chi connectivity index (χ3v) is 11.8. The average molecular weight is 547 g/mol. The number of hydrogen-bond acceptors (Lipinski definition) is 8. The highest BCUT2D eigenvalue weighted by Gasteiger charge is 2.71. The summed E-state index contributed by atoms with van der Waals surface area (Å²) >= 11 is 0. The van der Waals surface area contributed by atoms with Gasteiger partial charge in [-0.3, -0.25) is 9.88 Å². The van der Waals surface area contributed by atoms with E-state index < -0.39 is 47.8 Å². The molecule has 11 atom stereocenters. The van der Waals surface area contributed by atoms with E-state index >= 15 is 0 Å². The van der Waals surface area contributed by atoms with Crippen LogP contribution in [0.1, 0.15) is 50.5 Å². The molecule has 212 valence electrons. The number of aromatic nitrogens is 1. The quantitative estimate of drug-likeness (QED) is 0.386. The predicted octanol–water partition coefficient (Wildman–Crippen LogP) is 1.80. The van der Waals surface area contributed by atoms with Gasteiger partial charge in [-0.15, -0.1) is 0 Å². The van der Waals surface area contributed by atoms with Crippen molar-refractivity contribution in [3.63, 3.8) is 0 Å². The van der Waals surface area contributed by atoms with E-state index in [1.165, 1.54) is 10.9 Å². The summed E-state index contributed by atoms with van der Waals surface area (Å²) in [6.45, 7) is 2.65. The maximum atomic E-state index is 11.9. The number of β-amino-alcohol motifs (C(OH)–C–C–N with tert-alkyl or cyclic N) is 2. The third kappa shape index (κ3) is 3.13. The number of pyridine rings is 1. The first kappa shape index (κ1) is 25.5. The van der Waals surface area contributed by atoms with Crippen LogP contribution in [0.3, 0.4) is 0 Å². The Balaban J connectivity index is 1.17. The zero-order valence-corrected chi connectivity index (χ0v) is 22.7. The number of nitrogens with zero attached hydrogens (tertiary/aromatic N) is 2. The molecule has 3 aliphatic heterocycles. The summed E-state index contributed by atoms with van der Waals surface area (Å²) in [5.74, 6) is 0.612. The number of rotatable bonds is 2. The van der Waals surface area contributed by atoms with Crippen LogP contribution in [-0.2, 0) is 4.74 Å². The van der Waals surface area contributed by atoms with Crippen LogP contribution in [0.15, 0.2) is 60.0 Å². The molecule has 6 aliphatic rings. The van der Waals surface area contributed by atoms with E-state index in [1.54, 1.807) is 4.90 Å². The molecule has 2 bridgehead atoms. The molecule has 5 N–H and O–H groups in total. The molecule has 1 aromatic carbocycles. The summed E-state index contributed by atoms with van der Waals surface area (Å²) in [4.78, 5) is 6.05. The van der Waals surface area contributed by atoms with Crippen molar-refractivity contribution in [2.24, 2.45) is 11.3 Å². The lowest BCUT2D eigenvalue weighted by atomic mass is 9.58. The fourth-order valence-electron chi connectivity index (χ4n) is 9.78. The second-order valence-corrected chi connectivity index (χ2v) is 13.5. The first-order chi connectivity index (χ1) is 19.2. The van der Waals surface area contributed by atoms with Crippen LogP contribution in [0, 0.1) is 11.3 Å². The molecule has 2 spiro atoms. The van der Waals surface area contributed by atoms with Gasteiger partial charge in [-0.1, -0.05) is 31.2 Å². The second-order valence-electron chi connectivity index (χ2n) is 13.5. The highest BCUT2D eigenvalue weighted by molar-refractivity contribution is 5.82. The molecule has 0 amide bonds. The average Bonchev–Trinajstić information content (AvgIpc) is 3.59. The van der Waals surface area contributed by atoms with Crippen molar-refractivity contribution in [2.75, 3.05) is 13.1 Å². The van der Waals surface area contributed by atoms with Gasteiger partial charge in [-0.05, 0) is 83.6 Å². The van der Waals surface area contributed by atoms with E-state index in [0.29, 0.717) is 17.9 Å². The molecular weight excluding hydrogens is 508 g/mol. The molecule has 0 radical (unpaired) electrons. The SMILES string of the molecule is C[C@]12CC=C3C=C4C(O)C(O)[C@@H](N5C[C@H](O)[C@@H](O)C5)C(O)[C@]45CCC3(O5)[C@@H]1CC[C@@H]2c1ccc2ccncc2c1. The van der Waals surface area contributed by atoms with E-state index in [1.807, 2.05) is 24.5 Å². The predicted molar refractivity (Wildman–Crippen MR) is 147 cm³/mol. The number of ether oxygens (including phenoxy) is 1. The van der Waals surface area contributed by atoms with Crippen LogP contribution < -0.4 is 0 Å². The van der Waals surface area contributed by atoms with Crippen LogP contribution in [0.2, 0.25) is 0 Å². The molecule has 2 saturated heterocycles. The number of hydrogen-bond donors (Lipinski definition) is 5. The number of benzene rings is 1. The molecule has 8 rings (SSSR count). The summed E-state index contributed by atoms with van der Waals surface area (Å²) in [5, 5.41) is 57.2. The topological polar surface area (TPSA) is 127 Å². The van der Waals surface area contributed by atoms with Crippen LogP contribution in [0.5, 0.6) is 0 Å². The van der Waals surface area contributed by atoms with Gasteiger partial charge >= 0.3 is 0 Å². The van der Waals surface area contributed by atoms with E-state index in [4.69, 9.17) is 4.74 Å². The van der Waals surface area contributed by atoms with E-state index in [2.05, 4.69) is 36.2 Å². The molecule has 2 aromatic rings. The number of aliphatic hydroxyl groups is 5. The van der Waals surface area contributed by atoms with Crippen molar-refractivity contribution >= 4 is 10.8 Å². The summed E-state index contributed by atoms with van der Waals surface area (Å²) in [5.41, 5.74) is 1.27. The number of fused-ring (bicyclic) bond motifs is 2. The largest absolute Gasteiger partial charge is 0.389 e. The normalized spacial score (nSPS) is 48.0. The zero-order chi connectivity index (χ0) is 27.6. The van der Waals surface area contributed by atoms with Gasteiger partial charge in [-0.25, -0.2) is 0 Å². The molecule has 8 nitrogen and oxygen atoms in total. The fraction of sp³-hybridized carbons (Fsp3) is 0.594. The van der Waals surface area contributed by atoms with Gasteiger partial charge in [0, 0.05) is 30.9 Å². The highest BCUT2D eigenvalue weighted by atomic mass is 16.5. The van der Waals surface area contributed by atoms with Crippen LogP contribution >= 0.6 is 0 Å². The standard InChI is InChI=1S/C32H38N2O6/c1-30-8-6-20-13-22-27(37)28(38)26(34-15-23(35)24(36)16-34)29(39)32(22)10-9-31(20,40-32)25(30)5-4-21(30)18-3-2-17-7-11-33-14-19(17)12-18/h2-3,6-7,11-14,21,23-29,35-39H,4-5,8-10,15-16H2,1H3/t21-,23+,24+,25-,26-,27?,28?,29?,30-,31?,32+/m1/s1. The van der Waals surface area contributed by atoms with E-state index in [9.17, 15) is 25.5 Å². The molecule has 40 heavy (non-hydrogen) atoms. The van der Waals surface area contributed by atoms with E-state index in [0.717, 1.165) is 36.6 Å². The minimum Gasteiger partial charge on any atom is -0.389 e.